The van der Waals surface area contributed by atoms with Crippen molar-refractivity contribution in [1.29, 1.82) is 0 Å². The van der Waals surface area contributed by atoms with Gasteiger partial charge in [0, 0.05) is 5.39 Å². The lowest BCUT2D eigenvalue weighted by molar-refractivity contribution is 0.412. The first kappa shape index (κ1) is 9.11. The van der Waals surface area contributed by atoms with Crippen LogP contribution in [0.4, 0.5) is 0 Å². The summed E-state index contributed by atoms with van der Waals surface area (Å²) in [6, 6.07) is 6.81. The summed E-state index contributed by atoms with van der Waals surface area (Å²) in [5.41, 5.74) is 0.738. The van der Waals surface area contributed by atoms with E-state index in [1.165, 1.54) is 0 Å². The fourth-order valence-corrected chi connectivity index (χ4v) is 1.30. The molecular weight excluding hydrogens is 183 g/mol. The van der Waals surface area contributed by atoms with Crippen LogP contribution in [0.2, 0.25) is 0 Å². The van der Waals surface area contributed by atoms with E-state index in [0.29, 0.717) is 11.3 Å². The molecule has 0 aliphatic heterocycles. The normalized spacial score (nSPS) is 10.5. The van der Waals surface area contributed by atoms with E-state index in [1.54, 1.807) is 31.4 Å². The van der Waals surface area contributed by atoms with E-state index < -0.39 is 7.12 Å². The molecule has 2 rings (SSSR count). The van der Waals surface area contributed by atoms with Crippen molar-refractivity contribution in [2.75, 3.05) is 7.11 Å². The molecule has 0 spiro atoms. The Balaban J connectivity index is 2.54. The van der Waals surface area contributed by atoms with E-state index >= 15 is 0 Å². The number of rotatable bonds is 2. The summed E-state index contributed by atoms with van der Waals surface area (Å²) in [6.07, 6.45) is 0. The van der Waals surface area contributed by atoms with Crippen LogP contribution in [0.1, 0.15) is 0 Å². The zero-order valence-corrected chi connectivity index (χ0v) is 7.60. The van der Waals surface area contributed by atoms with E-state index in [9.17, 15) is 0 Å². The van der Waals surface area contributed by atoms with Gasteiger partial charge in [0.25, 0.3) is 0 Å². The molecule has 0 aliphatic carbocycles. The topological polar surface area (TPSA) is 62.8 Å². The summed E-state index contributed by atoms with van der Waals surface area (Å²) in [5, 5.41) is 18.5. The molecule has 0 radical (unpaired) electrons. The Kier molecular flexibility index (Phi) is 2.19. The molecule has 0 saturated carbocycles. The van der Waals surface area contributed by atoms with Gasteiger partial charge in [-0.3, -0.25) is 0 Å². The first-order valence-electron chi connectivity index (χ1n) is 4.14. The second kappa shape index (κ2) is 3.36. The number of ether oxygens (including phenoxy) is 1. The van der Waals surface area contributed by atoms with Crippen molar-refractivity contribution in [2.45, 2.75) is 0 Å². The second-order valence-corrected chi connectivity index (χ2v) is 2.93. The molecule has 2 aromatic rings. The van der Waals surface area contributed by atoms with Crippen LogP contribution in [0.15, 0.2) is 28.7 Å². The van der Waals surface area contributed by atoms with E-state index in [2.05, 4.69) is 0 Å². The van der Waals surface area contributed by atoms with Gasteiger partial charge in [-0.2, -0.15) is 0 Å². The molecule has 72 valence electrons. The fourth-order valence-electron chi connectivity index (χ4n) is 1.30. The first-order valence-corrected chi connectivity index (χ1v) is 4.14. The van der Waals surface area contributed by atoms with Crippen molar-refractivity contribution in [3.8, 4) is 5.75 Å². The maximum Gasteiger partial charge on any atom is 0.526 e. The molecule has 0 amide bonds. The molecule has 0 fully saturated rings. The van der Waals surface area contributed by atoms with Crippen molar-refractivity contribution in [2.24, 2.45) is 0 Å². The maximum atomic E-state index is 8.88. The zero-order valence-electron chi connectivity index (χ0n) is 7.60. The summed E-state index contributed by atoms with van der Waals surface area (Å²) in [7, 11) is -0.00309. The molecule has 2 N–H and O–H groups in total. The minimum atomic E-state index is -1.58. The van der Waals surface area contributed by atoms with Crippen molar-refractivity contribution in [3.63, 3.8) is 0 Å². The van der Waals surface area contributed by atoms with Gasteiger partial charge in [0.15, 0.2) is 0 Å². The van der Waals surface area contributed by atoms with Crippen molar-refractivity contribution >= 4 is 23.7 Å². The number of hydrogen-bond acceptors (Lipinski definition) is 4. The number of benzene rings is 1. The summed E-state index contributed by atoms with van der Waals surface area (Å²) in [6.45, 7) is 0. The van der Waals surface area contributed by atoms with Crippen LogP contribution in [-0.4, -0.2) is 24.3 Å². The van der Waals surface area contributed by atoms with Crippen LogP contribution in [0.25, 0.3) is 11.0 Å². The lowest BCUT2D eigenvalue weighted by Crippen LogP contribution is -2.27. The summed E-state index contributed by atoms with van der Waals surface area (Å²) < 4.78 is 10.2. The average molecular weight is 192 g/mol. The van der Waals surface area contributed by atoms with Crippen molar-refractivity contribution < 1.29 is 19.2 Å². The molecule has 0 unspecified atom stereocenters. The minimum Gasteiger partial charge on any atom is -0.497 e. The lowest BCUT2D eigenvalue weighted by atomic mass is 9.88. The molecule has 0 bridgehead atoms. The molecule has 5 heteroatoms. The highest BCUT2D eigenvalue weighted by Gasteiger charge is 2.16. The molecule has 0 saturated heterocycles. The number of fused-ring (bicyclic) bond motifs is 1. The molecule has 4 nitrogen and oxygen atoms in total. The van der Waals surface area contributed by atoms with E-state index in [0.717, 1.165) is 5.39 Å². The van der Waals surface area contributed by atoms with E-state index in [1.807, 2.05) is 0 Å². The fraction of sp³-hybridized carbons (Fsp3) is 0.111. The van der Waals surface area contributed by atoms with Gasteiger partial charge in [-0.15, -0.1) is 0 Å². The zero-order chi connectivity index (χ0) is 10.1. The number of furan rings is 1. The Hall–Kier alpha value is -1.46. The monoisotopic (exact) mass is 192 g/mol. The molecular formula is C9H9BO4. The molecule has 1 heterocycles. The SMILES string of the molecule is COc1ccc2oc(B(O)O)cc2c1. The third-order valence-corrected chi connectivity index (χ3v) is 2.00. The molecule has 1 aromatic carbocycles. The van der Waals surface area contributed by atoms with Gasteiger partial charge < -0.3 is 19.2 Å². The van der Waals surface area contributed by atoms with Gasteiger partial charge >= 0.3 is 7.12 Å². The van der Waals surface area contributed by atoms with E-state index in [-0.39, 0.29) is 5.66 Å². The summed E-state index contributed by atoms with van der Waals surface area (Å²) >= 11 is 0. The predicted octanol–water partition coefficient (Wildman–Crippen LogP) is 0.121. The first-order chi connectivity index (χ1) is 6.70. The van der Waals surface area contributed by atoms with Crippen molar-refractivity contribution in [3.05, 3.63) is 24.3 Å². The average Bonchev–Trinajstić information content (AvgIpc) is 2.59. The largest absolute Gasteiger partial charge is 0.526 e. The third-order valence-electron chi connectivity index (χ3n) is 2.00. The highest BCUT2D eigenvalue weighted by atomic mass is 16.5. The van der Waals surface area contributed by atoms with Crippen LogP contribution < -0.4 is 10.4 Å². The Labute approximate surface area is 80.9 Å². The van der Waals surface area contributed by atoms with Crippen LogP contribution in [0, 0.1) is 0 Å². The standard InChI is InChI=1S/C9H9BO4/c1-13-7-2-3-8-6(4-7)5-9(14-8)10(11)12/h2-5,11-12H,1H3. The summed E-state index contributed by atoms with van der Waals surface area (Å²) in [5.74, 6) is 0.706. The number of hydrogen-bond donors (Lipinski definition) is 2. The quantitative estimate of drug-likeness (QED) is 0.663. The van der Waals surface area contributed by atoms with Crippen LogP contribution in [0.3, 0.4) is 0 Å². The van der Waals surface area contributed by atoms with Gasteiger partial charge in [0.05, 0.1) is 7.11 Å². The third kappa shape index (κ3) is 1.47. The second-order valence-electron chi connectivity index (χ2n) is 2.93. The lowest BCUT2D eigenvalue weighted by Gasteiger charge is -1.96. The predicted molar refractivity (Wildman–Crippen MR) is 52.6 cm³/mol. The van der Waals surface area contributed by atoms with E-state index in [4.69, 9.17) is 19.2 Å². The van der Waals surface area contributed by atoms with Gasteiger partial charge in [-0.25, -0.2) is 0 Å². The molecule has 0 aliphatic rings. The van der Waals surface area contributed by atoms with Crippen LogP contribution >= 0.6 is 0 Å². The minimum absolute atomic E-state index is 0.133. The van der Waals surface area contributed by atoms with Gasteiger partial charge in [0.2, 0.25) is 0 Å². The Bertz CT molecular complexity index is 449. The maximum absolute atomic E-state index is 8.88. The molecule has 14 heavy (non-hydrogen) atoms. The Morgan fingerprint density at radius 3 is 2.71 bits per heavy atom. The Morgan fingerprint density at radius 1 is 1.29 bits per heavy atom. The Morgan fingerprint density at radius 2 is 2.07 bits per heavy atom. The highest BCUT2D eigenvalue weighted by molar-refractivity contribution is 6.57. The summed E-state index contributed by atoms with van der Waals surface area (Å²) in [4.78, 5) is 0. The van der Waals surface area contributed by atoms with Crippen LogP contribution in [-0.2, 0) is 0 Å². The van der Waals surface area contributed by atoms with Crippen molar-refractivity contribution in [1.82, 2.24) is 0 Å². The van der Waals surface area contributed by atoms with Gasteiger partial charge in [0.1, 0.15) is 17.0 Å². The van der Waals surface area contributed by atoms with Gasteiger partial charge in [-0.1, -0.05) is 0 Å². The molecule has 1 aromatic heterocycles. The molecule has 0 atom stereocenters. The number of methoxy groups -OCH3 is 1. The smallest absolute Gasteiger partial charge is 0.497 e. The van der Waals surface area contributed by atoms with Gasteiger partial charge in [-0.05, 0) is 24.3 Å². The highest BCUT2D eigenvalue weighted by Crippen LogP contribution is 2.20. The van der Waals surface area contributed by atoms with Crippen LogP contribution in [0.5, 0.6) is 5.75 Å².